The first-order valence-electron chi connectivity index (χ1n) is 5.80. The van der Waals surface area contributed by atoms with Crippen molar-refractivity contribution in [1.29, 1.82) is 0 Å². The maximum absolute atomic E-state index is 11.6. The molecule has 1 atom stereocenters. The minimum Gasteiger partial charge on any atom is -0.458 e. The number of hydrogen-bond donors (Lipinski definition) is 0. The number of esters is 1. The highest BCUT2D eigenvalue weighted by Crippen LogP contribution is 2.33. The highest BCUT2D eigenvalue weighted by atomic mass is 16.5. The molecule has 0 aromatic heterocycles. The molecule has 1 unspecified atom stereocenters. The lowest BCUT2D eigenvalue weighted by atomic mass is 9.78. The molecule has 0 aliphatic rings. The van der Waals surface area contributed by atoms with Crippen LogP contribution in [0.2, 0.25) is 0 Å². The molecule has 0 saturated carbocycles. The van der Waals surface area contributed by atoms with Crippen molar-refractivity contribution in [2.24, 2.45) is 10.8 Å². The fourth-order valence-electron chi connectivity index (χ4n) is 1.31. The van der Waals surface area contributed by atoms with Crippen LogP contribution in [-0.2, 0) is 9.53 Å². The fraction of sp³-hybridized carbons (Fsp3) is 0.786. The zero-order valence-electron chi connectivity index (χ0n) is 11.8. The van der Waals surface area contributed by atoms with E-state index in [0.29, 0.717) is 5.57 Å². The summed E-state index contributed by atoms with van der Waals surface area (Å²) in [7, 11) is 0. The van der Waals surface area contributed by atoms with Gasteiger partial charge in [-0.15, -0.1) is 0 Å². The Balaban J connectivity index is 4.71. The van der Waals surface area contributed by atoms with Gasteiger partial charge >= 0.3 is 5.97 Å². The van der Waals surface area contributed by atoms with Crippen LogP contribution in [0.15, 0.2) is 12.2 Å². The maximum Gasteiger partial charge on any atom is 0.333 e. The van der Waals surface area contributed by atoms with Crippen LogP contribution < -0.4 is 0 Å². The lowest BCUT2D eigenvalue weighted by Gasteiger charge is -2.35. The zero-order chi connectivity index (χ0) is 13.1. The number of rotatable bonds is 3. The van der Waals surface area contributed by atoms with E-state index >= 15 is 0 Å². The average Bonchev–Trinajstić information content (AvgIpc) is 1.98. The van der Waals surface area contributed by atoms with Gasteiger partial charge in [0.05, 0.1) is 0 Å². The Morgan fingerprint density at radius 1 is 1.19 bits per heavy atom. The van der Waals surface area contributed by atoms with Crippen molar-refractivity contribution in [3.8, 4) is 0 Å². The average molecular weight is 226 g/mol. The second kappa shape index (κ2) is 5.03. The van der Waals surface area contributed by atoms with Crippen molar-refractivity contribution in [2.75, 3.05) is 0 Å². The molecule has 0 N–H and O–H groups in total. The Bertz CT molecular complexity index is 263. The molecule has 0 saturated heterocycles. The Labute approximate surface area is 100 Å². The van der Waals surface area contributed by atoms with Crippen LogP contribution in [0, 0.1) is 10.8 Å². The summed E-state index contributed by atoms with van der Waals surface area (Å²) in [6.07, 6.45) is 0.784. The van der Waals surface area contributed by atoms with E-state index in [4.69, 9.17) is 4.74 Å². The van der Waals surface area contributed by atoms with Gasteiger partial charge in [0, 0.05) is 5.57 Å². The van der Waals surface area contributed by atoms with Crippen molar-refractivity contribution in [3.63, 3.8) is 0 Å². The summed E-state index contributed by atoms with van der Waals surface area (Å²) in [6, 6.07) is 0. The summed E-state index contributed by atoms with van der Waals surface area (Å²) in [5.74, 6) is -0.288. The number of hydrogen-bond acceptors (Lipinski definition) is 2. The normalized spacial score (nSPS) is 14.4. The highest BCUT2D eigenvalue weighted by molar-refractivity contribution is 5.87. The van der Waals surface area contributed by atoms with Gasteiger partial charge < -0.3 is 4.74 Å². The summed E-state index contributed by atoms with van der Waals surface area (Å²) in [5, 5.41) is 0. The molecule has 0 aromatic rings. The molecule has 94 valence electrons. The second-order valence-electron chi connectivity index (χ2n) is 6.81. The van der Waals surface area contributed by atoms with Gasteiger partial charge in [0.15, 0.2) is 0 Å². The first kappa shape index (κ1) is 15.2. The quantitative estimate of drug-likeness (QED) is 0.538. The predicted octanol–water partition coefficient (Wildman–Crippen LogP) is 3.96. The fourth-order valence-corrected chi connectivity index (χ4v) is 1.31. The standard InChI is InChI=1S/C14H26O2/c1-10(2)12(15)16-11(14(6,7)8)9-13(3,4)5/h11H,1,9H2,2-8H3. The lowest BCUT2D eigenvalue weighted by molar-refractivity contribution is -0.151. The number of carbonyl (C=O) groups excluding carboxylic acids is 1. The van der Waals surface area contributed by atoms with Crippen LogP contribution in [0.25, 0.3) is 0 Å². The summed E-state index contributed by atoms with van der Waals surface area (Å²) in [6.45, 7) is 18.0. The van der Waals surface area contributed by atoms with E-state index < -0.39 is 0 Å². The molecule has 0 spiro atoms. The first-order chi connectivity index (χ1) is 6.93. The largest absolute Gasteiger partial charge is 0.458 e. The van der Waals surface area contributed by atoms with Crippen LogP contribution in [0.4, 0.5) is 0 Å². The lowest BCUT2D eigenvalue weighted by Crippen LogP contribution is -2.35. The van der Waals surface area contributed by atoms with Crippen molar-refractivity contribution < 1.29 is 9.53 Å². The third kappa shape index (κ3) is 5.94. The molecule has 0 aromatic carbocycles. The van der Waals surface area contributed by atoms with Gasteiger partial charge in [-0.2, -0.15) is 0 Å². The van der Waals surface area contributed by atoms with Crippen molar-refractivity contribution >= 4 is 5.97 Å². The Morgan fingerprint density at radius 2 is 1.62 bits per heavy atom. The molecule has 0 rings (SSSR count). The predicted molar refractivity (Wildman–Crippen MR) is 68.2 cm³/mol. The maximum atomic E-state index is 11.6. The Morgan fingerprint density at radius 3 is 1.88 bits per heavy atom. The van der Waals surface area contributed by atoms with Gasteiger partial charge in [0.2, 0.25) is 0 Å². The minimum absolute atomic E-state index is 0.0433. The first-order valence-corrected chi connectivity index (χ1v) is 5.80. The van der Waals surface area contributed by atoms with Crippen LogP contribution in [0.3, 0.4) is 0 Å². The third-order valence-electron chi connectivity index (χ3n) is 2.36. The van der Waals surface area contributed by atoms with Gasteiger partial charge in [-0.1, -0.05) is 48.1 Å². The minimum atomic E-state index is -0.288. The molecule has 0 aliphatic heterocycles. The van der Waals surface area contributed by atoms with Crippen LogP contribution in [0.1, 0.15) is 54.9 Å². The smallest absolute Gasteiger partial charge is 0.333 e. The van der Waals surface area contributed by atoms with E-state index in [1.807, 2.05) is 0 Å². The van der Waals surface area contributed by atoms with Gasteiger partial charge in [0.1, 0.15) is 6.10 Å². The number of ether oxygens (including phenoxy) is 1. The van der Waals surface area contributed by atoms with Crippen LogP contribution in [-0.4, -0.2) is 12.1 Å². The topological polar surface area (TPSA) is 26.3 Å². The van der Waals surface area contributed by atoms with Crippen molar-refractivity contribution in [1.82, 2.24) is 0 Å². The molecule has 0 bridgehead atoms. The third-order valence-corrected chi connectivity index (χ3v) is 2.36. The van der Waals surface area contributed by atoms with E-state index in [1.54, 1.807) is 6.92 Å². The molecule has 16 heavy (non-hydrogen) atoms. The van der Waals surface area contributed by atoms with E-state index in [-0.39, 0.29) is 22.9 Å². The van der Waals surface area contributed by atoms with Crippen molar-refractivity contribution in [3.05, 3.63) is 12.2 Å². The summed E-state index contributed by atoms with van der Waals surface area (Å²) in [4.78, 5) is 11.6. The van der Waals surface area contributed by atoms with Gasteiger partial charge in [0.25, 0.3) is 0 Å². The zero-order valence-corrected chi connectivity index (χ0v) is 11.8. The highest BCUT2D eigenvalue weighted by Gasteiger charge is 2.32. The van der Waals surface area contributed by atoms with Gasteiger partial charge in [-0.05, 0) is 24.2 Å². The molecule has 0 amide bonds. The van der Waals surface area contributed by atoms with Gasteiger partial charge in [-0.3, -0.25) is 0 Å². The van der Waals surface area contributed by atoms with Crippen LogP contribution >= 0.6 is 0 Å². The Kier molecular flexibility index (Phi) is 4.78. The number of carbonyl (C=O) groups is 1. The SMILES string of the molecule is C=C(C)C(=O)OC(CC(C)(C)C)C(C)(C)C. The molecule has 0 fully saturated rings. The Hall–Kier alpha value is -0.790. The molecular weight excluding hydrogens is 200 g/mol. The molecule has 2 heteroatoms. The summed E-state index contributed by atoms with van der Waals surface area (Å²) < 4.78 is 5.51. The van der Waals surface area contributed by atoms with E-state index in [2.05, 4.69) is 48.1 Å². The van der Waals surface area contributed by atoms with E-state index in [1.165, 1.54) is 0 Å². The van der Waals surface area contributed by atoms with Crippen LogP contribution in [0.5, 0.6) is 0 Å². The van der Waals surface area contributed by atoms with E-state index in [9.17, 15) is 4.79 Å². The summed E-state index contributed by atoms with van der Waals surface area (Å²) in [5.41, 5.74) is 0.564. The summed E-state index contributed by atoms with van der Waals surface area (Å²) >= 11 is 0. The van der Waals surface area contributed by atoms with Gasteiger partial charge in [-0.25, -0.2) is 4.79 Å². The molecule has 0 heterocycles. The second-order valence-corrected chi connectivity index (χ2v) is 6.81. The molecule has 0 aliphatic carbocycles. The monoisotopic (exact) mass is 226 g/mol. The van der Waals surface area contributed by atoms with E-state index in [0.717, 1.165) is 6.42 Å². The van der Waals surface area contributed by atoms with Crippen molar-refractivity contribution in [2.45, 2.75) is 61.0 Å². The molecule has 0 radical (unpaired) electrons. The molecular formula is C14H26O2. The molecule has 2 nitrogen and oxygen atoms in total.